The zero-order valence-electron chi connectivity index (χ0n) is 7.12. The Bertz CT molecular complexity index is 278. The minimum atomic E-state index is -0.0725. The summed E-state index contributed by atoms with van der Waals surface area (Å²) in [5.74, 6) is 0.435. The van der Waals surface area contributed by atoms with E-state index in [0.29, 0.717) is 5.82 Å². The van der Waals surface area contributed by atoms with Gasteiger partial charge >= 0.3 is 0 Å². The largest absolute Gasteiger partial charge is 0.363 e. The molecule has 13 heavy (non-hydrogen) atoms. The molecule has 1 aromatic heterocycles. The van der Waals surface area contributed by atoms with Crippen LogP contribution in [-0.4, -0.2) is 23.7 Å². The molecule has 0 spiro atoms. The van der Waals surface area contributed by atoms with Crippen molar-refractivity contribution < 1.29 is 9.32 Å². The summed E-state index contributed by atoms with van der Waals surface area (Å²) in [5.41, 5.74) is 0. The van der Waals surface area contributed by atoms with Crippen LogP contribution in [-0.2, 0) is 4.79 Å². The fourth-order valence-corrected chi connectivity index (χ4v) is 1.40. The summed E-state index contributed by atoms with van der Waals surface area (Å²) in [6, 6.07) is 1.55. The van der Waals surface area contributed by atoms with Gasteiger partial charge in [0.25, 0.3) is 0 Å². The SMILES string of the molecule is O=C(Nc1ccon1)[C@@H]1CCCN1. The number of anilines is 1. The zero-order chi connectivity index (χ0) is 9.10. The molecule has 2 rings (SSSR count). The van der Waals surface area contributed by atoms with E-state index in [1.807, 2.05) is 0 Å². The van der Waals surface area contributed by atoms with Gasteiger partial charge in [0.2, 0.25) is 5.91 Å². The first-order valence-corrected chi connectivity index (χ1v) is 4.31. The predicted molar refractivity (Wildman–Crippen MR) is 46.2 cm³/mol. The van der Waals surface area contributed by atoms with Crippen LogP contribution in [0.2, 0.25) is 0 Å². The molecule has 2 heterocycles. The maximum Gasteiger partial charge on any atom is 0.242 e. The van der Waals surface area contributed by atoms with Gasteiger partial charge in [-0.15, -0.1) is 0 Å². The summed E-state index contributed by atoms with van der Waals surface area (Å²) in [6.07, 6.45) is 3.37. The van der Waals surface area contributed by atoms with Crippen molar-refractivity contribution in [1.82, 2.24) is 10.5 Å². The second-order valence-corrected chi connectivity index (χ2v) is 3.02. The molecule has 1 aliphatic rings. The molecule has 5 heteroatoms. The lowest BCUT2D eigenvalue weighted by Gasteiger charge is -2.07. The lowest BCUT2D eigenvalue weighted by atomic mass is 10.2. The molecular weight excluding hydrogens is 170 g/mol. The van der Waals surface area contributed by atoms with E-state index in [1.54, 1.807) is 6.07 Å². The molecule has 2 N–H and O–H groups in total. The molecule has 1 amide bonds. The Morgan fingerprint density at radius 3 is 3.31 bits per heavy atom. The Hall–Kier alpha value is -1.36. The van der Waals surface area contributed by atoms with Gasteiger partial charge in [0.15, 0.2) is 5.82 Å². The van der Waals surface area contributed by atoms with E-state index in [0.717, 1.165) is 19.4 Å². The Balaban J connectivity index is 1.91. The molecule has 0 bridgehead atoms. The highest BCUT2D eigenvalue weighted by molar-refractivity contribution is 5.94. The molecule has 1 aromatic rings. The summed E-state index contributed by atoms with van der Waals surface area (Å²) in [6.45, 7) is 0.914. The number of amides is 1. The van der Waals surface area contributed by atoms with Gasteiger partial charge in [-0.2, -0.15) is 0 Å². The molecular formula is C8H11N3O2. The van der Waals surface area contributed by atoms with Crippen LogP contribution in [0.5, 0.6) is 0 Å². The second kappa shape index (κ2) is 3.57. The highest BCUT2D eigenvalue weighted by Crippen LogP contribution is 2.08. The Morgan fingerprint density at radius 1 is 1.77 bits per heavy atom. The maximum absolute atomic E-state index is 11.5. The van der Waals surface area contributed by atoms with Crippen LogP contribution in [0.4, 0.5) is 5.82 Å². The van der Waals surface area contributed by atoms with Gasteiger partial charge in [-0.1, -0.05) is 5.16 Å². The molecule has 0 aromatic carbocycles. The van der Waals surface area contributed by atoms with Gasteiger partial charge in [0.05, 0.1) is 6.04 Å². The van der Waals surface area contributed by atoms with Gasteiger partial charge in [-0.05, 0) is 19.4 Å². The number of nitrogens with one attached hydrogen (secondary N) is 2. The van der Waals surface area contributed by atoms with Crippen molar-refractivity contribution in [3.63, 3.8) is 0 Å². The van der Waals surface area contributed by atoms with Crippen LogP contribution in [0.15, 0.2) is 16.9 Å². The first kappa shape index (κ1) is 8.25. The van der Waals surface area contributed by atoms with E-state index in [2.05, 4.69) is 20.3 Å². The quantitative estimate of drug-likeness (QED) is 0.691. The number of carbonyl (C=O) groups is 1. The van der Waals surface area contributed by atoms with Crippen LogP contribution < -0.4 is 10.6 Å². The molecule has 0 saturated carbocycles. The summed E-state index contributed by atoms with van der Waals surface area (Å²) >= 11 is 0. The van der Waals surface area contributed by atoms with Gasteiger partial charge in [-0.25, -0.2) is 0 Å². The molecule has 1 saturated heterocycles. The van der Waals surface area contributed by atoms with E-state index in [9.17, 15) is 4.79 Å². The standard InChI is InChI=1S/C8H11N3O2/c12-8(6-2-1-4-9-6)10-7-3-5-13-11-7/h3,5-6,9H,1-2,4H2,(H,10,11,12)/t6-/m0/s1. The van der Waals surface area contributed by atoms with E-state index in [1.165, 1.54) is 6.26 Å². The minimum absolute atomic E-state index is 0.0357. The highest BCUT2D eigenvalue weighted by atomic mass is 16.5. The van der Waals surface area contributed by atoms with Crippen LogP contribution in [0, 0.1) is 0 Å². The topological polar surface area (TPSA) is 67.2 Å². The van der Waals surface area contributed by atoms with Crippen LogP contribution in [0.25, 0.3) is 0 Å². The van der Waals surface area contributed by atoms with Gasteiger partial charge in [0, 0.05) is 6.07 Å². The number of hydrogen-bond donors (Lipinski definition) is 2. The van der Waals surface area contributed by atoms with E-state index < -0.39 is 0 Å². The third-order valence-corrected chi connectivity index (χ3v) is 2.07. The molecule has 1 atom stereocenters. The zero-order valence-corrected chi connectivity index (χ0v) is 7.12. The highest BCUT2D eigenvalue weighted by Gasteiger charge is 2.22. The monoisotopic (exact) mass is 181 g/mol. The number of aromatic nitrogens is 1. The fourth-order valence-electron chi connectivity index (χ4n) is 1.40. The minimum Gasteiger partial charge on any atom is -0.363 e. The summed E-state index contributed by atoms with van der Waals surface area (Å²) in [4.78, 5) is 11.5. The average Bonchev–Trinajstić information content (AvgIpc) is 2.74. The third kappa shape index (κ3) is 1.86. The Labute approximate surface area is 75.5 Å². The lowest BCUT2D eigenvalue weighted by molar-refractivity contribution is -0.117. The molecule has 70 valence electrons. The first-order valence-electron chi connectivity index (χ1n) is 4.31. The summed E-state index contributed by atoms with van der Waals surface area (Å²) in [5, 5.41) is 9.35. The van der Waals surface area contributed by atoms with Crippen LogP contribution >= 0.6 is 0 Å². The van der Waals surface area contributed by atoms with E-state index >= 15 is 0 Å². The van der Waals surface area contributed by atoms with Gasteiger partial charge in [-0.3, -0.25) is 4.79 Å². The third-order valence-electron chi connectivity index (χ3n) is 2.07. The van der Waals surface area contributed by atoms with Crippen LogP contribution in [0.1, 0.15) is 12.8 Å². The lowest BCUT2D eigenvalue weighted by Crippen LogP contribution is -2.35. The summed E-state index contributed by atoms with van der Waals surface area (Å²) in [7, 11) is 0. The smallest absolute Gasteiger partial charge is 0.242 e. The van der Waals surface area contributed by atoms with Crippen molar-refractivity contribution in [2.75, 3.05) is 11.9 Å². The van der Waals surface area contributed by atoms with E-state index in [4.69, 9.17) is 0 Å². The van der Waals surface area contributed by atoms with Gasteiger partial charge < -0.3 is 15.2 Å². The second-order valence-electron chi connectivity index (χ2n) is 3.02. The first-order chi connectivity index (χ1) is 6.36. The van der Waals surface area contributed by atoms with Crippen molar-refractivity contribution in [3.8, 4) is 0 Å². The number of hydrogen-bond acceptors (Lipinski definition) is 4. The van der Waals surface area contributed by atoms with Crippen molar-refractivity contribution in [2.24, 2.45) is 0 Å². The maximum atomic E-state index is 11.5. The Kier molecular flexibility index (Phi) is 2.27. The van der Waals surface area contributed by atoms with Gasteiger partial charge in [0.1, 0.15) is 6.26 Å². The Morgan fingerprint density at radius 2 is 2.69 bits per heavy atom. The van der Waals surface area contributed by atoms with Crippen molar-refractivity contribution in [1.29, 1.82) is 0 Å². The predicted octanol–water partition coefficient (Wildman–Crippen LogP) is 0.365. The molecule has 1 fully saturated rings. The molecule has 0 aliphatic carbocycles. The van der Waals surface area contributed by atoms with E-state index in [-0.39, 0.29) is 11.9 Å². The normalized spacial score (nSPS) is 21.7. The number of carbonyl (C=O) groups excluding carboxylic acids is 1. The average molecular weight is 181 g/mol. The van der Waals surface area contributed by atoms with Crippen molar-refractivity contribution in [3.05, 3.63) is 12.3 Å². The molecule has 0 unspecified atom stereocenters. The van der Waals surface area contributed by atoms with Crippen LogP contribution in [0.3, 0.4) is 0 Å². The number of nitrogens with zero attached hydrogens (tertiary/aromatic N) is 1. The molecule has 1 aliphatic heterocycles. The van der Waals surface area contributed by atoms with Crippen molar-refractivity contribution >= 4 is 11.7 Å². The molecule has 5 nitrogen and oxygen atoms in total. The van der Waals surface area contributed by atoms with Crippen molar-refractivity contribution in [2.45, 2.75) is 18.9 Å². The number of rotatable bonds is 2. The fraction of sp³-hybridized carbons (Fsp3) is 0.500. The molecule has 0 radical (unpaired) electrons. The summed E-state index contributed by atoms with van der Waals surface area (Å²) < 4.78 is 4.59.